The molecular weight excluding hydrogens is 256 g/mol. The van der Waals surface area contributed by atoms with Gasteiger partial charge in [0.05, 0.1) is 0 Å². The molecule has 2 heteroatoms. The van der Waals surface area contributed by atoms with Gasteiger partial charge in [0.25, 0.3) is 0 Å². The first-order chi connectivity index (χ1) is 10.1. The van der Waals surface area contributed by atoms with Gasteiger partial charge in [-0.05, 0) is 63.6 Å². The average Bonchev–Trinajstić information content (AvgIpc) is 2.49. The first kappa shape index (κ1) is 16.4. The smallest absolute Gasteiger partial charge is 0.0445 e. The summed E-state index contributed by atoms with van der Waals surface area (Å²) in [6.45, 7) is 10.4. The Labute approximate surface area is 130 Å². The Hall–Kier alpha value is -1.02. The van der Waals surface area contributed by atoms with Crippen LogP contribution in [0.2, 0.25) is 0 Å². The minimum atomic E-state index is 0.611. The lowest BCUT2D eigenvalue weighted by atomic mass is 9.76. The van der Waals surface area contributed by atoms with Crippen molar-refractivity contribution in [3.8, 4) is 0 Å². The molecule has 0 aromatic heterocycles. The summed E-state index contributed by atoms with van der Waals surface area (Å²) in [7, 11) is 2.12. The third-order valence-corrected chi connectivity index (χ3v) is 5.34. The van der Waals surface area contributed by atoms with E-state index < -0.39 is 0 Å². The second kappa shape index (κ2) is 7.31. The molecule has 0 heterocycles. The van der Waals surface area contributed by atoms with Gasteiger partial charge in [0, 0.05) is 24.3 Å². The molecule has 1 fully saturated rings. The molecule has 0 aliphatic heterocycles. The topological polar surface area (TPSA) is 15.3 Å². The van der Waals surface area contributed by atoms with E-state index in [2.05, 4.69) is 69.2 Å². The summed E-state index contributed by atoms with van der Waals surface area (Å²) in [5, 5.41) is 3.58. The molecule has 0 bridgehead atoms. The van der Waals surface area contributed by atoms with Crippen LogP contribution in [0.25, 0.3) is 0 Å². The Bertz CT molecular complexity index is 441. The highest BCUT2D eigenvalue weighted by molar-refractivity contribution is 5.54. The van der Waals surface area contributed by atoms with Crippen LogP contribution in [0.15, 0.2) is 24.3 Å². The molecule has 1 aliphatic carbocycles. The van der Waals surface area contributed by atoms with Crippen LogP contribution in [0.3, 0.4) is 0 Å². The third-order valence-electron chi connectivity index (χ3n) is 5.34. The van der Waals surface area contributed by atoms with E-state index in [1.165, 1.54) is 30.5 Å². The van der Waals surface area contributed by atoms with E-state index in [9.17, 15) is 0 Å². The molecule has 1 N–H and O–H groups in total. The van der Waals surface area contributed by atoms with Gasteiger partial charge < -0.3 is 10.2 Å². The van der Waals surface area contributed by atoms with Crippen molar-refractivity contribution >= 4 is 5.69 Å². The number of para-hydroxylation sites is 1. The Morgan fingerprint density at radius 2 is 1.95 bits per heavy atom. The van der Waals surface area contributed by atoms with Crippen molar-refractivity contribution in [2.75, 3.05) is 18.5 Å². The van der Waals surface area contributed by atoms with Gasteiger partial charge in [-0.25, -0.2) is 0 Å². The molecule has 1 saturated carbocycles. The fraction of sp³-hybridized carbons (Fsp3) is 0.684. The highest BCUT2D eigenvalue weighted by Crippen LogP contribution is 2.35. The number of aryl methyl sites for hydroxylation is 1. The van der Waals surface area contributed by atoms with Gasteiger partial charge in [0.2, 0.25) is 0 Å². The Kier molecular flexibility index (Phi) is 5.69. The average molecular weight is 288 g/mol. The molecule has 118 valence electrons. The maximum absolute atomic E-state index is 3.58. The Morgan fingerprint density at radius 3 is 2.52 bits per heavy atom. The maximum atomic E-state index is 3.58. The van der Waals surface area contributed by atoms with E-state index in [-0.39, 0.29) is 0 Å². The minimum absolute atomic E-state index is 0.611. The molecule has 0 saturated heterocycles. The number of likely N-dealkylation sites (N-methyl/N-ethyl adjacent to an activating group) is 2. The van der Waals surface area contributed by atoms with E-state index >= 15 is 0 Å². The van der Waals surface area contributed by atoms with Gasteiger partial charge in [0.15, 0.2) is 0 Å². The van der Waals surface area contributed by atoms with Crippen molar-refractivity contribution in [3.05, 3.63) is 29.8 Å². The number of nitrogens with one attached hydrogen (secondary N) is 1. The monoisotopic (exact) mass is 288 g/mol. The summed E-state index contributed by atoms with van der Waals surface area (Å²) < 4.78 is 0. The number of anilines is 1. The number of hydrogen-bond acceptors (Lipinski definition) is 2. The van der Waals surface area contributed by atoms with Crippen LogP contribution in [0, 0.1) is 18.8 Å². The summed E-state index contributed by atoms with van der Waals surface area (Å²) in [6.07, 6.45) is 3.97. The van der Waals surface area contributed by atoms with Gasteiger partial charge in [-0.3, -0.25) is 0 Å². The number of rotatable bonds is 5. The van der Waals surface area contributed by atoms with Gasteiger partial charge in [-0.2, -0.15) is 0 Å². The lowest BCUT2D eigenvalue weighted by molar-refractivity contribution is 0.211. The number of benzene rings is 1. The lowest BCUT2D eigenvalue weighted by Crippen LogP contribution is -2.53. The first-order valence-corrected chi connectivity index (χ1v) is 8.58. The van der Waals surface area contributed by atoms with E-state index in [0.29, 0.717) is 12.1 Å². The van der Waals surface area contributed by atoms with Crippen molar-refractivity contribution in [1.82, 2.24) is 5.32 Å². The molecule has 1 aliphatic rings. The van der Waals surface area contributed by atoms with Crippen LogP contribution >= 0.6 is 0 Å². The highest BCUT2D eigenvalue weighted by atomic mass is 15.2. The van der Waals surface area contributed by atoms with E-state index in [0.717, 1.165) is 18.4 Å². The summed E-state index contributed by atoms with van der Waals surface area (Å²) >= 11 is 0. The van der Waals surface area contributed by atoms with Crippen LogP contribution in [0.4, 0.5) is 5.69 Å². The van der Waals surface area contributed by atoms with Crippen molar-refractivity contribution < 1.29 is 0 Å². The zero-order valence-electron chi connectivity index (χ0n) is 14.4. The first-order valence-electron chi connectivity index (χ1n) is 8.58. The van der Waals surface area contributed by atoms with E-state index in [4.69, 9.17) is 0 Å². The van der Waals surface area contributed by atoms with E-state index in [1.54, 1.807) is 0 Å². The van der Waals surface area contributed by atoms with Gasteiger partial charge >= 0.3 is 0 Å². The third kappa shape index (κ3) is 3.60. The second-order valence-corrected chi connectivity index (χ2v) is 6.85. The van der Waals surface area contributed by atoms with Crippen molar-refractivity contribution in [2.45, 2.75) is 59.0 Å². The van der Waals surface area contributed by atoms with Crippen LogP contribution in [-0.2, 0) is 0 Å². The summed E-state index contributed by atoms with van der Waals surface area (Å²) in [6, 6.07) is 10.0. The van der Waals surface area contributed by atoms with Crippen LogP contribution < -0.4 is 10.2 Å². The molecule has 2 nitrogen and oxygen atoms in total. The molecule has 3 unspecified atom stereocenters. The molecule has 0 spiro atoms. The van der Waals surface area contributed by atoms with Crippen molar-refractivity contribution in [3.63, 3.8) is 0 Å². The highest BCUT2D eigenvalue weighted by Gasteiger charge is 2.34. The Balaban J connectivity index is 2.27. The zero-order valence-corrected chi connectivity index (χ0v) is 14.4. The molecule has 1 aromatic rings. The fourth-order valence-electron chi connectivity index (χ4n) is 3.93. The normalized spacial score (nSPS) is 26.1. The molecule has 2 rings (SSSR count). The second-order valence-electron chi connectivity index (χ2n) is 6.85. The molecule has 0 amide bonds. The SMILES string of the molecule is CCN(c1ccccc1C)C1CC(C(C)C)CCC1NC. The summed E-state index contributed by atoms with van der Waals surface area (Å²) in [5.41, 5.74) is 2.80. The fourth-order valence-corrected chi connectivity index (χ4v) is 3.93. The summed E-state index contributed by atoms with van der Waals surface area (Å²) in [5.74, 6) is 1.65. The molecular formula is C19H32N2. The van der Waals surface area contributed by atoms with Crippen molar-refractivity contribution in [1.29, 1.82) is 0 Å². The van der Waals surface area contributed by atoms with Crippen LogP contribution in [0.1, 0.15) is 45.6 Å². The molecule has 0 radical (unpaired) electrons. The standard InChI is InChI=1S/C19H32N2/c1-6-21(18-10-8-7-9-15(18)4)19-13-16(14(2)3)11-12-17(19)20-5/h7-10,14,16-17,19-20H,6,11-13H2,1-5H3. The van der Waals surface area contributed by atoms with Gasteiger partial charge in [0.1, 0.15) is 0 Å². The van der Waals surface area contributed by atoms with E-state index in [1.807, 2.05) is 0 Å². The zero-order chi connectivity index (χ0) is 15.4. The maximum Gasteiger partial charge on any atom is 0.0445 e. The van der Waals surface area contributed by atoms with Crippen LogP contribution in [-0.4, -0.2) is 25.7 Å². The predicted octanol–water partition coefficient (Wildman–Crippen LogP) is 4.23. The summed E-state index contributed by atoms with van der Waals surface area (Å²) in [4.78, 5) is 2.63. The van der Waals surface area contributed by atoms with Gasteiger partial charge in [-0.1, -0.05) is 32.0 Å². The molecule has 1 aromatic carbocycles. The van der Waals surface area contributed by atoms with Crippen LogP contribution in [0.5, 0.6) is 0 Å². The molecule has 3 atom stereocenters. The lowest BCUT2D eigenvalue weighted by Gasteiger charge is -2.45. The predicted molar refractivity (Wildman–Crippen MR) is 93.0 cm³/mol. The number of nitrogens with zero attached hydrogens (tertiary/aromatic N) is 1. The molecule has 21 heavy (non-hydrogen) atoms. The largest absolute Gasteiger partial charge is 0.367 e. The Morgan fingerprint density at radius 1 is 1.24 bits per heavy atom. The van der Waals surface area contributed by atoms with Gasteiger partial charge in [-0.15, -0.1) is 0 Å². The minimum Gasteiger partial charge on any atom is -0.367 e. The number of hydrogen-bond donors (Lipinski definition) is 1. The quantitative estimate of drug-likeness (QED) is 0.872. The van der Waals surface area contributed by atoms with Crippen molar-refractivity contribution in [2.24, 2.45) is 11.8 Å².